The van der Waals surface area contributed by atoms with Gasteiger partial charge < -0.3 is 0 Å². The molecule has 0 amide bonds. The second-order valence-corrected chi connectivity index (χ2v) is 4.32. The first-order valence-electron chi connectivity index (χ1n) is 5.02. The van der Waals surface area contributed by atoms with E-state index in [0.29, 0.717) is 10.6 Å². The smallest absolute Gasteiger partial charge is 0.137 e. The van der Waals surface area contributed by atoms with Gasteiger partial charge in [-0.1, -0.05) is 29.8 Å². The first kappa shape index (κ1) is 12.9. The fourth-order valence-corrected chi connectivity index (χ4v) is 1.84. The van der Waals surface area contributed by atoms with Crippen LogP contribution in [0.4, 0.5) is 4.39 Å². The summed E-state index contributed by atoms with van der Waals surface area (Å²) in [6.07, 6.45) is 0.274. The zero-order valence-corrected chi connectivity index (χ0v) is 10.1. The number of rotatable bonds is 4. The van der Waals surface area contributed by atoms with Crippen LogP contribution in [0.1, 0.15) is 19.4 Å². The molecule has 0 saturated carbocycles. The molecule has 0 N–H and O–H groups in total. The number of allylic oxidation sites excluding steroid dienone is 1. The summed E-state index contributed by atoms with van der Waals surface area (Å²) in [5, 5.41) is 0.354. The first-order valence-corrected chi connectivity index (χ1v) is 5.40. The Hall–Kier alpha value is -1.15. The van der Waals surface area contributed by atoms with Gasteiger partial charge in [-0.3, -0.25) is 4.79 Å². The van der Waals surface area contributed by atoms with E-state index < -0.39 is 0 Å². The molecule has 0 unspecified atom stereocenters. The van der Waals surface area contributed by atoms with Crippen molar-refractivity contribution in [3.63, 3.8) is 0 Å². The molecule has 1 rings (SSSR count). The number of Topliss-reactive ketones (excluding diaryl/α,β-unsaturated/α-hetero) is 1. The summed E-state index contributed by atoms with van der Waals surface area (Å²) in [5.74, 6) is -0.763. The van der Waals surface area contributed by atoms with E-state index >= 15 is 0 Å². The zero-order chi connectivity index (χ0) is 12.3. The van der Waals surface area contributed by atoms with Crippen LogP contribution in [0.25, 0.3) is 0 Å². The molecule has 0 heterocycles. The van der Waals surface area contributed by atoms with E-state index in [9.17, 15) is 9.18 Å². The van der Waals surface area contributed by atoms with Crippen LogP contribution in [-0.2, 0) is 11.2 Å². The Labute approximate surface area is 99.9 Å². The number of carbonyl (C=O) groups excluding carboxylic acids is 1. The number of benzene rings is 1. The second kappa shape index (κ2) is 5.26. The van der Waals surface area contributed by atoms with Crippen LogP contribution in [0.5, 0.6) is 0 Å². The molecule has 16 heavy (non-hydrogen) atoms. The molecule has 0 spiro atoms. The molecule has 1 aromatic carbocycles. The quantitative estimate of drug-likeness (QED) is 0.732. The maximum atomic E-state index is 13.5. The van der Waals surface area contributed by atoms with Gasteiger partial charge in [0.1, 0.15) is 11.6 Å². The van der Waals surface area contributed by atoms with E-state index in [0.717, 1.165) is 5.57 Å². The second-order valence-electron chi connectivity index (χ2n) is 3.91. The van der Waals surface area contributed by atoms with Gasteiger partial charge in [0, 0.05) is 16.5 Å². The molecule has 1 aromatic rings. The Morgan fingerprint density at radius 3 is 2.56 bits per heavy atom. The summed E-state index contributed by atoms with van der Waals surface area (Å²) in [7, 11) is 0. The fraction of sp³-hybridized carbons (Fsp3) is 0.308. The van der Waals surface area contributed by atoms with Crippen molar-refractivity contribution < 1.29 is 9.18 Å². The summed E-state index contributed by atoms with van der Waals surface area (Å²) in [4.78, 5) is 11.4. The van der Waals surface area contributed by atoms with Crippen molar-refractivity contribution >= 4 is 17.4 Å². The number of hydrogen-bond acceptors (Lipinski definition) is 1. The number of hydrogen-bond donors (Lipinski definition) is 0. The van der Waals surface area contributed by atoms with Crippen molar-refractivity contribution in [2.75, 3.05) is 0 Å². The molecule has 1 nitrogen and oxygen atoms in total. The molecular formula is C13H14ClFO. The van der Waals surface area contributed by atoms with Gasteiger partial charge in [0.05, 0.1) is 0 Å². The normalized spacial score (nSPS) is 12.2. The Bertz CT molecular complexity index is 392. The molecule has 0 aliphatic rings. The minimum atomic E-state index is -0.375. The number of carbonyl (C=O) groups is 1. The fourth-order valence-electron chi connectivity index (χ4n) is 1.60. The minimum Gasteiger partial charge on any atom is -0.299 e. The monoisotopic (exact) mass is 240 g/mol. The molecule has 0 radical (unpaired) electrons. The van der Waals surface area contributed by atoms with Crippen LogP contribution < -0.4 is 0 Å². The van der Waals surface area contributed by atoms with Crippen LogP contribution in [-0.4, -0.2) is 5.78 Å². The van der Waals surface area contributed by atoms with Gasteiger partial charge >= 0.3 is 0 Å². The summed E-state index contributed by atoms with van der Waals surface area (Å²) >= 11 is 5.90. The summed E-state index contributed by atoms with van der Waals surface area (Å²) in [5.41, 5.74) is 1.11. The van der Waals surface area contributed by atoms with Crippen LogP contribution >= 0.6 is 11.6 Å². The van der Waals surface area contributed by atoms with E-state index in [-0.39, 0.29) is 23.9 Å². The van der Waals surface area contributed by atoms with E-state index in [1.165, 1.54) is 13.0 Å². The van der Waals surface area contributed by atoms with Gasteiger partial charge in [0.25, 0.3) is 0 Å². The van der Waals surface area contributed by atoms with Gasteiger partial charge in [0.15, 0.2) is 0 Å². The lowest BCUT2D eigenvalue weighted by molar-refractivity contribution is -0.119. The molecule has 0 aliphatic carbocycles. The number of ketones is 1. The third-order valence-electron chi connectivity index (χ3n) is 2.56. The highest BCUT2D eigenvalue weighted by atomic mass is 35.5. The third-order valence-corrected chi connectivity index (χ3v) is 2.91. The van der Waals surface area contributed by atoms with Gasteiger partial charge in [-0.25, -0.2) is 4.39 Å². The van der Waals surface area contributed by atoms with Crippen molar-refractivity contribution in [1.82, 2.24) is 0 Å². The van der Waals surface area contributed by atoms with Crippen LogP contribution in [0.2, 0.25) is 5.02 Å². The zero-order valence-electron chi connectivity index (χ0n) is 9.39. The Morgan fingerprint density at radius 2 is 2.12 bits per heavy atom. The molecule has 0 aliphatic heterocycles. The highest BCUT2D eigenvalue weighted by Gasteiger charge is 2.19. The van der Waals surface area contributed by atoms with Gasteiger partial charge in [-0.2, -0.15) is 0 Å². The molecule has 86 valence electrons. The van der Waals surface area contributed by atoms with E-state index in [1.807, 2.05) is 0 Å². The van der Waals surface area contributed by atoms with Crippen molar-refractivity contribution in [2.45, 2.75) is 20.3 Å². The molecular weight excluding hydrogens is 227 g/mol. The molecule has 0 saturated heterocycles. The van der Waals surface area contributed by atoms with E-state index in [2.05, 4.69) is 6.58 Å². The predicted molar refractivity (Wildman–Crippen MR) is 64.1 cm³/mol. The van der Waals surface area contributed by atoms with Gasteiger partial charge in [-0.05, 0) is 32.4 Å². The molecule has 0 fully saturated rings. The predicted octanol–water partition coefficient (Wildman–Crippen LogP) is 3.80. The summed E-state index contributed by atoms with van der Waals surface area (Å²) < 4.78 is 13.5. The lowest BCUT2D eigenvalue weighted by atomic mass is 9.90. The van der Waals surface area contributed by atoms with Gasteiger partial charge in [0.2, 0.25) is 0 Å². The van der Waals surface area contributed by atoms with Crippen LogP contribution in [0, 0.1) is 11.7 Å². The maximum absolute atomic E-state index is 13.5. The standard InChI is InChI=1S/C13H14ClFO/c1-8(2)10(9(3)16)7-11-12(14)5-4-6-13(11)15/h4-6,10H,1,7H2,2-3H3/t10-/m0/s1. The first-order chi connectivity index (χ1) is 7.43. The highest BCUT2D eigenvalue weighted by molar-refractivity contribution is 6.31. The maximum Gasteiger partial charge on any atom is 0.137 e. The number of halogens is 2. The Kier molecular flexibility index (Phi) is 4.25. The summed E-state index contributed by atoms with van der Waals surface area (Å²) in [6.45, 7) is 6.99. The van der Waals surface area contributed by atoms with Gasteiger partial charge in [-0.15, -0.1) is 0 Å². The highest BCUT2D eigenvalue weighted by Crippen LogP contribution is 2.25. The van der Waals surface area contributed by atoms with Crippen molar-refractivity contribution in [1.29, 1.82) is 0 Å². The molecule has 1 atom stereocenters. The largest absolute Gasteiger partial charge is 0.299 e. The molecule has 0 aromatic heterocycles. The van der Waals surface area contributed by atoms with Crippen molar-refractivity contribution in [3.05, 3.63) is 46.8 Å². The van der Waals surface area contributed by atoms with Crippen molar-refractivity contribution in [2.24, 2.45) is 5.92 Å². The summed E-state index contributed by atoms with van der Waals surface area (Å²) in [6, 6.07) is 4.51. The van der Waals surface area contributed by atoms with Crippen LogP contribution in [0.15, 0.2) is 30.4 Å². The topological polar surface area (TPSA) is 17.1 Å². The Balaban J connectivity index is 3.03. The molecule has 3 heteroatoms. The lowest BCUT2D eigenvalue weighted by Gasteiger charge is -2.15. The Morgan fingerprint density at radius 1 is 1.50 bits per heavy atom. The van der Waals surface area contributed by atoms with Crippen molar-refractivity contribution in [3.8, 4) is 0 Å². The minimum absolute atomic E-state index is 0.0215. The lowest BCUT2D eigenvalue weighted by Crippen LogP contribution is -2.16. The average molecular weight is 241 g/mol. The van der Waals surface area contributed by atoms with E-state index in [1.54, 1.807) is 19.1 Å². The average Bonchev–Trinajstić information content (AvgIpc) is 2.15. The molecule has 0 bridgehead atoms. The van der Waals surface area contributed by atoms with E-state index in [4.69, 9.17) is 11.6 Å². The third kappa shape index (κ3) is 2.92. The van der Waals surface area contributed by atoms with Crippen LogP contribution in [0.3, 0.4) is 0 Å². The SMILES string of the molecule is C=C(C)[C@H](Cc1c(F)cccc1Cl)C(C)=O.